The quantitative estimate of drug-likeness (QED) is 0.731. The third kappa shape index (κ3) is 5.67. The Morgan fingerprint density at radius 3 is 2.93 bits per heavy atom. The van der Waals surface area contributed by atoms with Crippen molar-refractivity contribution in [1.82, 2.24) is 15.2 Å². The number of rotatable bonds is 5. The first-order valence-electron chi connectivity index (χ1n) is 8.59. The van der Waals surface area contributed by atoms with Gasteiger partial charge in [-0.3, -0.25) is 9.69 Å². The molecule has 9 heteroatoms. The lowest BCUT2D eigenvalue weighted by Crippen LogP contribution is -2.40. The summed E-state index contributed by atoms with van der Waals surface area (Å²) in [6.07, 6.45) is -2.58. The van der Waals surface area contributed by atoms with Gasteiger partial charge in [0.15, 0.2) is 0 Å². The number of pyridine rings is 1. The van der Waals surface area contributed by atoms with E-state index in [4.69, 9.17) is 11.6 Å². The third-order valence-corrected chi connectivity index (χ3v) is 5.52. The predicted molar refractivity (Wildman–Crippen MR) is 98.9 cm³/mol. The van der Waals surface area contributed by atoms with Gasteiger partial charge in [0.25, 0.3) is 5.91 Å². The van der Waals surface area contributed by atoms with Crippen molar-refractivity contribution < 1.29 is 18.0 Å². The molecular formula is C18H19ClF3N3OS. The van der Waals surface area contributed by atoms with Crippen LogP contribution in [0.3, 0.4) is 0 Å². The lowest BCUT2D eigenvalue weighted by Gasteiger charge is -2.32. The Balaban J connectivity index is 1.56. The molecule has 0 spiro atoms. The Kier molecular flexibility index (Phi) is 6.39. The number of carbonyl (C=O) groups excluding carboxylic acids is 1. The summed E-state index contributed by atoms with van der Waals surface area (Å²) < 4.78 is 38.6. The summed E-state index contributed by atoms with van der Waals surface area (Å²) in [6, 6.07) is 5.56. The van der Waals surface area contributed by atoms with E-state index in [0.29, 0.717) is 12.6 Å². The molecule has 2 aromatic rings. The van der Waals surface area contributed by atoms with Crippen molar-refractivity contribution >= 4 is 28.8 Å². The van der Waals surface area contributed by atoms with Crippen LogP contribution in [0.5, 0.6) is 0 Å². The number of likely N-dealkylation sites (tertiary alicyclic amines) is 1. The van der Waals surface area contributed by atoms with E-state index < -0.39 is 17.6 Å². The fraction of sp³-hybridized carbons (Fsp3) is 0.444. The molecule has 146 valence electrons. The van der Waals surface area contributed by atoms with Crippen molar-refractivity contribution in [2.24, 2.45) is 5.92 Å². The number of alkyl halides is 3. The third-order valence-electron chi connectivity index (χ3n) is 4.47. The van der Waals surface area contributed by atoms with Gasteiger partial charge in [0.1, 0.15) is 10.8 Å². The SMILES string of the molecule is O=C(NCC1CCCN(Cc2cccs2)C1)c1cc(C(F)(F)F)cc(Cl)n1. The Hall–Kier alpha value is -1.64. The molecule has 1 aliphatic rings. The number of nitrogens with zero attached hydrogens (tertiary/aromatic N) is 2. The molecule has 3 heterocycles. The fourth-order valence-electron chi connectivity index (χ4n) is 3.19. The molecule has 0 aliphatic carbocycles. The van der Waals surface area contributed by atoms with E-state index in [1.54, 1.807) is 11.3 Å². The summed E-state index contributed by atoms with van der Waals surface area (Å²) in [6.45, 7) is 3.13. The molecule has 27 heavy (non-hydrogen) atoms. The largest absolute Gasteiger partial charge is 0.416 e. The average molecular weight is 418 g/mol. The highest BCUT2D eigenvalue weighted by Crippen LogP contribution is 2.31. The molecule has 1 amide bonds. The van der Waals surface area contributed by atoms with Crippen molar-refractivity contribution in [3.63, 3.8) is 0 Å². The average Bonchev–Trinajstić information content (AvgIpc) is 3.11. The second-order valence-electron chi connectivity index (χ2n) is 6.59. The van der Waals surface area contributed by atoms with Crippen LogP contribution in [0.2, 0.25) is 5.15 Å². The highest BCUT2D eigenvalue weighted by Gasteiger charge is 2.32. The zero-order valence-electron chi connectivity index (χ0n) is 14.4. The van der Waals surface area contributed by atoms with Crippen LogP contribution in [0, 0.1) is 5.92 Å². The number of halogens is 4. The zero-order valence-corrected chi connectivity index (χ0v) is 16.0. The van der Waals surface area contributed by atoms with Crippen molar-refractivity contribution in [1.29, 1.82) is 0 Å². The maximum absolute atomic E-state index is 12.9. The van der Waals surface area contributed by atoms with E-state index in [0.717, 1.165) is 38.5 Å². The van der Waals surface area contributed by atoms with Crippen LogP contribution in [0.25, 0.3) is 0 Å². The van der Waals surface area contributed by atoms with Crippen LogP contribution in [0.4, 0.5) is 13.2 Å². The number of piperidine rings is 1. The van der Waals surface area contributed by atoms with Gasteiger partial charge in [-0.05, 0) is 48.9 Å². The topological polar surface area (TPSA) is 45.2 Å². The summed E-state index contributed by atoms with van der Waals surface area (Å²) >= 11 is 7.35. The number of hydrogen-bond acceptors (Lipinski definition) is 4. The molecule has 0 radical (unpaired) electrons. The van der Waals surface area contributed by atoms with E-state index in [-0.39, 0.29) is 16.8 Å². The molecule has 1 N–H and O–H groups in total. The van der Waals surface area contributed by atoms with Crippen LogP contribution in [-0.2, 0) is 12.7 Å². The smallest absolute Gasteiger partial charge is 0.350 e. The lowest BCUT2D eigenvalue weighted by atomic mass is 9.98. The van der Waals surface area contributed by atoms with Crippen LogP contribution in [0.15, 0.2) is 29.6 Å². The molecule has 0 bridgehead atoms. The summed E-state index contributed by atoms with van der Waals surface area (Å²) in [5.41, 5.74) is -1.30. The summed E-state index contributed by atoms with van der Waals surface area (Å²) in [7, 11) is 0. The van der Waals surface area contributed by atoms with Crippen LogP contribution in [0.1, 0.15) is 33.8 Å². The van der Waals surface area contributed by atoms with Gasteiger partial charge < -0.3 is 5.32 Å². The lowest BCUT2D eigenvalue weighted by molar-refractivity contribution is -0.137. The number of hydrogen-bond donors (Lipinski definition) is 1. The first-order chi connectivity index (χ1) is 12.8. The zero-order chi connectivity index (χ0) is 19.4. The molecule has 1 atom stereocenters. The van der Waals surface area contributed by atoms with Crippen molar-refractivity contribution in [2.45, 2.75) is 25.6 Å². The van der Waals surface area contributed by atoms with Gasteiger partial charge in [-0.1, -0.05) is 17.7 Å². The molecule has 4 nitrogen and oxygen atoms in total. The minimum Gasteiger partial charge on any atom is -0.350 e. The van der Waals surface area contributed by atoms with Crippen LogP contribution < -0.4 is 5.32 Å². The molecule has 1 aliphatic heterocycles. The standard InChI is InChI=1S/C18H19ClF3N3OS/c19-16-8-13(18(20,21)22)7-15(24-16)17(26)23-9-12-3-1-5-25(10-12)11-14-4-2-6-27-14/h2,4,6-8,12H,1,3,5,9-11H2,(H,23,26). The number of thiophene rings is 1. The summed E-state index contributed by atoms with van der Waals surface area (Å²) in [5, 5.41) is 4.40. The van der Waals surface area contributed by atoms with E-state index >= 15 is 0 Å². The number of nitrogens with one attached hydrogen (secondary N) is 1. The number of amides is 1. The Morgan fingerprint density at radius 1 is 1.41 bits per heavy atom. The van der Waals surface area contributed by atoms with E-state index in [1.165, 1.54) is 4.88 Å². The van der Waals surface area contributed by atoms with Crippen molar-refractivity contribution in [3.05, 3.63) is 50.9 Å². The molecule has 0 aromatic carbocycles. The Bertz CT molecular complexity index is 783. The normalized spacial score (nSPS) is 18.4. The van der Waals surface area contributed by atoms with Crippen molar-refractivity contribution in [3.8, 4) is 0 Å². The number of carbonyl (C=O) groups is 1. The molecule has 1 fully saturated rings. The molecular weight excluding hydrogens is 399 g/mol. The Labute approximate surface area is 164 Å². The first-order valence-corrected chi connectivity index (χ1v) is 9.85. The molecule has 3 rings (SSSR count). The maximum atomic E-state index is 12.9. The molecule has 2 aromatic heterocycles. The maximum Gasteiger partial charge on any atom is 0.416 e. The number of aromatic nitrogens is 1. The van der Waals surface area contributed by atoms with Gasteiger partial charge in [-0.25, -0.2) is 4.98 Å². The second-order valence-corrected chi connectivity index (χ2v) is 8.01. The highest BCUT2D eigenvalue weighted by atomic mass is 35.5. The Morgan fingerprint density at radius 2 is 2.22 bits per heavy atom. The van der Waals surface area contributed by atoms with E-state index in [2.05, 4.69) is 21.3 Å². The minimum absolute atomic E-state index is 0.254. The van der Waals surface area contributed by atoms with E-state index in [9.17, 15) is 18.0 Å². The molecule has 1 unspecified atom stereocenters. The minimum atomic E-state index is -4.58. The van der Waals surface area contributed by atoms with Gasteiger partial charge in [-0.15, -0.1) is 11.3 Å². The molecule has 0 saturated carbocycles. The van der Waals surface area contributed by atoms with E-state index in [1.807, 2.05) is 11.4 Å². The fourth-order valence-corrected chi connectivity index (χ4v) is 4.14. The summed E-state index contributed by atoms with van der Waals surface area (Å²) in [4.78, 5) is 19.6. The first kappa shape index (κ1) is 20.1. The monoisotopic (exact) mass is 417 g/mol. The predicted octanol–water partition coefficient (Wildman–Crippen LogP) is 4.46. The van der Waals surface area contributed by atoms with Crippen LogP contribution in [-0.4, -0.2) is 35.4 Å². The highest BCUT2D eigenvalue weighted by molar-refractivity contribution is 7.09. The molecule has 1 saturated heterocycles. The van der Waals surface area contributed by atoms with Gasteiger partial charge in [0, 0.05) is 24.5 Å². The van der Waals surface area contributed by atoms with Gasteiger partial charge >= 0.3 is 6.18 Å². The van der Waals surface area contributed by atoms with Crippen LogP contribution >= 0.6 is 22.9 Å². The van der Waals surface area contributed by atoms with Gasteiger partial charge in [0.2, 0.25) is 0 Å². The van der Waals surface area contributed by atoms with Gasteiger partial charge in [-0.2, -0.15) is 13.2 Å². The summed E-state index contributed by atoms with van der Waals surface area (Å²) in [5.74, 6) is -0.387. The van der Waals surface area contributed by atoms with Crippen molar-refractivity contribution in [2.75, 3.05) is 19.6 Å². The van der Waals surface area contributed by atoms with Gasteiger partial charge in [0.05, 0.1) is 5.56 Å². The second kappa shape index (κ2) is 8.58.